The van der Waals surface area contributed by atoms with E-state index in [0.29, 0.717) is 15.6 Å². The molecule has 0 radical (unpaired) electrons. The molecule has 1 aliphatic heterocycles. The predicted molar refractivity (Wildman–Crippen MR) is 80.5 cm³/mol. The summed E-state index contributed by atoms with van der Waals surface area (Å²) in [6.45, 7) is 0. The Bertz CT molecular complexity index is 699. The summed E-state index contributed by atoms with van der Waals surface area (Å²) in [5, 5.41) is 27.6. The zero-order valence-electron chi connectivity index (χ0n) is 10.0. The molecular formula is C13H8Cl2N4S. The first-order valence-electron chi connectivity index (χ1n) is 5.50. The maximum absolute atomic E-state index is 9.29. The van der Waals surface area contributed by atoms with E-state index in [1.54, 1.807) is 18.2 Å². The van der Waals surface area contributed by atoms with Crippen molar-refractivity contribution in [1.82, 2.24) is 0 Å². The minimum absolute atomic E-state index is 0.111. The second-order valence-corrected chi connectivity index (χ2v) is 6.03. The van der Waals surface area contributed by atoms with Crippen LogP contribution in [-0.4, -0.2) is 5.04 Å². The summed E-state index contributed by atoms with van der Waals surface area (Å²) in [5.41, 5.74) is 6.65. The van der Waals surface area contributed by atoms with E-state index in [9.17, 15) is 10.5 Å². The monoisotopic (exact) mass is 322 g/mol. The summed E-state index contributed by atoms with van der Waals surface area (Å²) in [6.07, 6.45) is 0. The number of hydrogen-bond acceptors (Lipinski definition) is 5. The number of rotatable bonds is 1. The standard InChI is InChI=1S/C13H8Cl2N4S/c14-6-1-2-7(10(15)3-6)11-8(4-16)12(18)20-13(19)9(11)5-17/h1-3,8,11,18H,19H2/t8-,11+/m0/s1. The molecule has 0 bridgehead atoms. The molecule has 2 atom stereocenters. The van der Waals surface area contributed by atoms with Crippen molar-refractivity contribution < 1.29 is 0 Å². The lowest BCUT2D eigenvalue weighted by Crippen LogP contribution is -2.27. The molecule has 100 valence electrons. The highest BCUT2D eigenvalue weighted by Gasteiger charge is 2.38. The topological polar surface area (TPSA) is 97.4 Å². The lowest BCUT2D eigenvalue weighted by molar-refractivity contribution is 0.729. The SMILES string of the molecule is N#CC1=C(N)SC(=N)[C@@H](C#N)[C@H]1c1ccc(Cl)cc1Cl. The van der Waals surface area contributed by atoms with Gasteiger partial charge >= 0.3 is 0 Å². The van der Waals surface area contributed by atoms with Crippen LogP contribution in [0.4, 0.5) is 0 Å². The second kappa shape index (κ2) is 5.76. The van der Waals surface area contributed by atoms with Crippen LogP contribution in [0.25, 0.3) is 0 Å². The van der Waals surface area contributed by atoms with E-state index in [0.717, 1.165) is 11.8 Å². The number of nitrogens with zero attached hydrogens (tertiary/aromatic N) is 2. The lowest BCUT2D eigenvalue weighted by atomic mass is 9.81. The van der Waals surface area contributed by atoms with Crippen LogP contribution in [0.15, 0.2) is 28.8 Å². The number of nitrogens with one attached hydrogen (secondary N) is 1. The molecule has 0 spiro atoms. The molecular weight excluding hydrogens is 315 g/mol. The largest absolute Gasteiger partial charge is 0.392 e. The van der Waals surface area contributed by atoms with Crippen molar-refractivity contribution in [2.45, 2.75) is 5.92 Å². The van der Waals surface area contributed by atoms with Crippen molar-refractivity contribution in [2.75, 3.05) is 0 Å². The van der Waals surface area contributed by atoms with Crippen LogP contribution in [0.2, 0.25) is 10.0 Å². The van der Waals surface area contributed by atoms with Gasteiger partial charge in [0.25, 0.3) is 0 Å². The van der Waals surface area contributed by atoms with Crippen molar-refractivity contribution >= 4 is 40.0 Å². The fourth-order valence-corrected chi connectivity index (χ4v) is 3.42. The molecule has 4 nitrogen and oxygen atoms in total. The van der Waals surface area contributed by atoms with Crippen LogP contribution >= 0.6 is 35.0 Å². The summed E-state index contributed by atoms with van der Waals surface area (Å²) < 4.78 is 0. The van der Waals surface area contributed by atoms with Crippen LogP contribution in [-0.2, 0) is 0 Å². The van der Waals surface area contributed by atoms with Gasteiger partial charge in [-0.2, -0.15) is 10.5 Å². The number of halogens is 2. The van der Waals surface area contributed by atoms with Gasteiger partial charge in [-0.25, -0.2) is 0 Å². The summed E-state index contributed by atoms with van der Waals surface area (Å²) in [4.78, 5) is 0. The van der Waals surface area contributed by atoms with Crippen LogP contribution in [0.1, 0.15) is 11.5 Å². The van der Waals surface area contributed by atoms with Crippen LogP contribution in [0.3, 0.4) is 0 Å². The smallest absolute Gasteiger partial charge is 0.106 e. The minimum atomic E-state index is -0.777. The number of nitriles is 2. The predicted octanol–water partition coefficient (Wildman–Crippen LogP) is 3.63. The maximum atomic E-state index is 9.29. The maximum Gasteiger partial charge on any atom is 0.106 e. The van der Waals surface area contributed by atoms with Crippen molar-refractivity contribution in [3.8, 4) is 12.1 Å². The molecule has 0 saturated carbocycles. The molecule has 1 aromatic rings. The van der Waals surface area contributed by atoms with Gasteiger partial charge in [0.1, 0.15) is 5.92 Å². The van der Waals surface area contributed by atoms with E-state index in [1.807, 2.05) is 6.07 Å². The molecule has 0 fully saturated rings. The Morgan fingerprint density at radius 2 is 2.00 bits per heavy atom. The average molecular weight is 323 g/mol. The van der Waals surface area contributed by atoms with Crippen molar-refractivity contribution in [2.24, 2.45) is 11.7 Å². The molecule has 0 saturated heterocycles. The number of benzene rings is 1. The quantitative estimate of drug-likeness (QED) is 0.824. The molecule has 0 aromatic heterocycles. The summed E-state index contributed by atoms with van der Waals surface area (Å²) in [7, 11) is 0. The zero-order valence-corrected chi connectivity index (χ0v) is 12.4. The Morgan fingerprint density at radius 3 is 2.55 bits per heavy atom. The molecule has 1 aromatic carbocycles. The molecule has 20 heavy (non-hydrogen) atoms. The number of allylic oxidation sites excluding steroid dienone is 1. The number of thioether (sulfide) groups is 1. The van der Waals surface area contributed by atoms with Crippen molar-refractivity contribution in [3.05, 3.63) is 44.4 Å². The highest BCUT2D eigenvalue weighted by molar-refractivity contribution is 8.17. The van der Waals surface area contributed by atoms with Gasteiger partial charge in [0.2, 0.25) is 0 Å². The van der Waals surface area contributed by atoms with Crippen LogP contribution < -0.4 is 5.73 Å². The molecule has 1 heterocycles. The van der Waals surface area contributed by atoms with E-state index in [1.165, 1.54) is 0 Å². The highest BCUT2D eigenvalue weighted by atomic mass is 35.5. The Morgan fingerprint density at radius 1 is 1.30 bits per heavy atom. The molecule has 2 rings (SSSR count). The van der Waals surface area contributed by atoms with E-state index >= 15 is 0 Å². The Balaban J connectivity index is 2.66. The van der Waals surface area contributed by atoms with E-state index < -0.39 is 11.8 Å². The van der Waals surface area contributed by atoms with Gasteiger partial charge in [0.15, 0.2) is 0 Å². The third-order valence-corrected chi connectivity index (χ3v) is 4.45. The number of nitrogens with two attached hydrogens (primary N) is 1. The van der Waals surface area contributed by atoms with Gasteiger partial charge in [-0.15, -0.1) is 0 Å². The van der Waals surface area contributed by atoms with Gasteiger partial charge < -0.3 is 5.73 Å². The molecule has 3 N–H and O–H groups in total. The van der Waals surface area contributed by atoms with E-state index in [2.05, 4.69) is 6.07 Å². The van der Waals surface area contributed by atoms with Gasteiger partial charge in [-0.3, -0.25) is 5.41 Å². The molecule has 7 heteroatoms. The van der Waals surface area contributed by atoms with E-state index in [4.69, 9.17) is 34.3 Å². The lowest BCUT2D eigenvalue weighted by Gasteiger charge is -2.28. The van der Waals surface area contributed by atoms with Crippen LogP contribution in [0, 0.1) is 34.0 Å². The molecule has 0 aliphatic carbocycles. The summed E-state index contributed by atoms with van der Waals surface area (Å²) in [5.74, 6) is -1.41. The Kier molecular flexibility index (Phi) is 4.25. The first-order chi connectivity index (χ1) is 9.49. The molecule has 1 aliphatic rings. The highest BCUT2D eigenvalue weighted by Crippen LogP contribution is 2.44. The fourth-order valence-electron chi connectivity index (χ4n) is 2.05. The summed E-state index contributed by atoms with van der Waals surface area (Å²) >= 11 is 13.0. The van der Waals surface area contributed by atoms with Crippen molar-refractivity contribution in [3.63, 3.8) is 0 Å². The van der Waals surface area contributed by atoms with Gasteiger partial charge in [-0.05, 0) is 17.7 Å². The Hall–Kier alpha value is -1.66. The number of hydrogen-bond donors (Lipinski definition) is 2. The van der Waals surface area contributed by atoms with Gasteiger partial charge in [0.05, 0.1) is 27.8 Å². The zero-order chi connectivity index (χ0) is 14.9. The third-order valence-electron chi connectivity index (χ3n) is 2.97. The normalized spacial score (nSPS) is 22.3. The second-order valence-electron chi connectivity index (χ2n) is 4.11. The van der Waals surface area contributed by atoms with Crippen molar-refractivity contribution in [1.29, 1.82) is 15.9 Å². The first-order valence-corrected chi connectivity index (χ1v) is 7.07. The van der Waals surface area contributed by atoms with Crippen LogP contribution in [0.5, 0.6) is 0 Å². The average Bonchev–Trinajstić information content (AvgIpc) is 2.38. The molecule has 0 amide bonds. The minimum Gasteiger partial charge on any atom is -0.392 e. The fraction of sp³-hybridized carbons (Fsp3) is 0.154. The van der Waals surface area contributed by atoms with Gasteiger partial charge in [-0.1, -0.05) is 41.0 Å². The third kappa shape index (κ3) is 2.48. The first kappa shape index (κ1) is 14.7. The van der Waals surface area contributed by atoms with E-state index in [-0.39, 0.29) is 15.6 Å². The molecule has 0 unspecified atom stereocenters. The Labute approximate surface area is 130 Å². The summed E-state index contributed by atoms with van der Waals surface area (Å²) in [6, 6.07) is 8.91. The van der Waals surface area contributed by atoms with Gasteiger partial charge in [0, 0.05) is 16.0 Å².